The first-order chi connectivity index (χ1) is 6.75. The molecule has 1 atom stereocenters. The summed E-state index contributed by atoms with van der Waals surface area (Å²) in [5.41, 5.74) is 0.761. The lowest BCUT2D eigenvalue weighted by Crippen LogP contribution is -1.95. The van der Waals surface area contributed by atoms with E-state index in [0.29, 0.717) is 11.5 Å². The van der Waals surface area contributed by atoms with Crippen LogP contribution in [-0.2, 0) is 22.2 Å². The van der Waals surface area contributed by atoms with E-state index in [1.807, 2.05) is 0 Å². The van der Waals surface area contributed by atoms with E-state index in [1.165, 1.54) is 0 Å². The quantitative estimate of drug-likeness (QED) is 0.765. The van der Waals surface area contributed by atoms with Gasteiger partial charge in [-0.15, -0.1) is 0 Å². The third-order valence-electron chi connectivity index (χ3n) is 1.76. The summed E-state index contributed by atoms with van der Waals surface area (Å²) in [4.78, 5) is 0. The second-order valence-electron chi connectivity index (χ2n) is 2.67. The van der Waals surface area contributed by atoms with Crippen molar-refractivity contribution in [3.63, 3.8) is 0 Å². The molecule has 14 heavy (non-hydrogen) atoms. The Bertz CT molecular complexity index is 365. The van der Waals surface area contributed by atoms with Gasteiger partial charge in [0, 0.05) is 0 Å². The van der Waals surface area contributed by atoms with Crippen LogP contribution < -0.4 is 9.47 Å². The van der Waals surface area contributed by atoms with Gasteiger partial charge >= 0.3 is 11.4 Å². The van der Waals surface area contributed by atoms with Crippen LogP contribution in [0.2, 0.25) is 0 Å². The Kier molecular flexibility index (Phi) is 2.67. The second-order valence-corrected chi connectivity index (χ2v) is 3.34. The summed E-state index contributed by atoms with van der Waals surface area (Å²) in [6, 6.07) is 5.21. The molecule has 1 heterocycles. The molecule has 0 saturated heterocycles. The Balaban J connectivity index is 2.09. The molecular weight excluding hydrogens is 208 g/mol. The van der Waals surface area contributed by atoms with E-state index in [9.17, 15) is 4.21 Å². The first kappa shape index (κ1) is 9.45. The average Bonchev–Trinajstić information content (AvgIpc) is 2.61. The predicted molar refractivity (Wildman–Crippen MR) is 48.1 cm³/mol. The Morgan fingerprint density at radius 3 is 3.00 bits per heavy atom. The molecule has 0 spiro atoms. The Hall–Kier alpha value is -1.11. The lowest BCUT2D eigenvalue weighted by molar-refractivity contribution is 0.174. The Morgan fingerprint density at radius 2 is 2.21 bits per heavy atom. The molecule has 1 aromatic carbocycles. The number of hydrogen-bond donors (Lipinski definition) is 1. The zero-order valence-electron chi connectivity index (χ0n) is 7.13. The van der Waals surface area contributed by atoms with Gasteiger partial charge < -0.3 is 9.47 Å². The monoisotopic (exact) mass is 216 g/mol. The molecule has 1 aliphatic rings. The van der Waals surface area contributed by atoms with Gasteiger partial charge in [0.15, 0.2) is 11.5 Å². The number of ether oxygens (including phenoxy) is 2. The van der Waals surface area contributed by atoms with Crippen LogP contribution in [0.25, 0.3) is 0 Å². The average molecular weight is 216 g/mol. The van der Waals surface area contributed by atoms with E-state index in [0.717, 1.165) is 5.56 Å². The normalized spacial score (nSPS) is 15.5. The van der Waals surface area contributed by atoms with E-state index in [4.69, 9.17) is 14.0 Å². The van der Waals surface area contributed by atoms with Crippen molar-refractivity contribution in [3.05, 3.63) is 23.8 Å². The van der Waals surface area contributed by atoms with Crippen LogP contribution in [0.15, 0.2) is 18.2 Å². The molecule has 0 fully saturated rings. The minimum Gasteiger partial charge on any atom is -0.454 e. The van der Waals surface area contributed by atoms with Crippen molar-refractivity contribution in [1.29, 1.82) is 0 Å². The predicted octanol–water partition coefficient (Wildman–Crippen LogP) is 1.07. The smallest absolute Gasteiger partial charge is 0.302 e. The Labute approximate surface area is 83.1 Å². The van der Waals surface area contributed by atoms with Gasteiger partial charge in [0.25, 0.3) is 0 Å². The van der Waals surface area contributed by atoms with Crippen LogP contribution in [0.3, 0.4) is 0 Å². The minimum absolute atomic E-state index is 0.0692. The molecular formula is C8H8O5S. The summed E-state index contributed by atoms with van der Waals surface area (Å²) < 4.78 is 33.4. The van der Waals surface area contributed by atoms with Crippen molar-refractivity contribution < 1.29 is 22.4 Å². The van der Waals surface area contributed by atoms with Crippen LogP contribution in [-0.4, -0.2) is 15.6 Å². The second kappa shape index (κ2) is 3.95. The molecule has 0 amide bonds. The molecule has 0 saturated carbocycles. The Morgan fingerprint density at radius 1 is 1.43 bits per heavy atom. The fourth-order valence-electron chi connectivity index (χ4n) is 1.15. The van der Waals surface area contributed by atoms with E-state index in [1.54, 1.807) is 18.2 Å². The number of fused-ring (bicyclic) bond motifs is 1. The molecule has 1 N–H and O–H groups in total. The van der Waals surface area contributed by atoms with Gasteiger partial charge in [0.05, 0.1) is 6.61 Å². The van der Waals surface area contributed by atoms with E-state index >= 15 is 0 Å². The van der Waals surface area contributed by atoms with Gasteiger partial charge in [0.2, 0.25) is 6.79 Å². The molecule has 6 heteroatoms. The van der Waals surface area contributed by atoms with Crippen LogP contribution >= 0.6 is 0 Å². The molecule has 1 aliphatic heterocycles. The van der Waals surface area contributed by atoms with Crippen molar-refractivity contribution in [2.45, 2.75) is 6.61 Å². The SMILES string of the molecule is O=S(O)OCc1ccc2c(c1)OCO2. The van der Waals surface area contributed by atoms with Gasteiger partial charge in [-0.2, -0.15) is 4.21 Å². The summed E-state index contributed by atoms with van der Waals surface area (Å²) in [7, 11) is 0. The summed E-state index contributed by atoms with van der Waals surface area (Å²) in [5.74, 6) is 1.31. The van der Waals surface area contributed by atoms with Gasteiger partial charge in [-0.3, -0.25) is 8.74 Å². The highest BCUT2D eigenvalue weighted by Gasteiger charge is 2.13. The van der Waals surface area contributed by atoms with Crippen molar-refractivity contribution in [2.75, 3.05) is 6.79 Å². The van der Waals surface area contributed by atoms with Crippen molar-refractivity contribution in [1.82, 2.24) is 0 Å². The lowest BCUT2D eigenvalue weighted by Gasteiger charge is -2.01. The molecule has 0 aliphatic carbocycles. The third-order valence-corrected chi connectivity index (χ3v) is 2.08. The number of benzene rings is 1. The lowest BCUT2D eigenvalue weighted by atomic mass is 10.2. The van der Waals surface area contributed by atoms with Gasteiger partial charge in [0.1, 0.15) is 0 Å². The first-order valence-electron chi connectivity index (χ1n) is 3.88. The molecule has 1 aromatic rings. The number of hydrogen-bond acceptors (Lipinski definition) is 4. The highest BCUT2D eigenvalue weighted by Crippen LogP contribution is 2.32. The topological polar surface area (TPSA) is 65.0 Å². The van der Waals surface area contributed by atoms with Crippen LogP contribution in [0.5, 0.6) is 11.5 Å². The highest BCUT2D eigenvalue weighted by molar-refractivity contribution is 7.74. The van der Waals surface area contributed by atoms with Crippen molar-refractivity contribution in [3.8, 4) is 11.5 Å². The van der Waals surface area contributed by atoms with Crippen molar-refractivity contribution in [2.24, 2.45) is 0 Å². The molecule has 2 rings (SSSR count). The van der Waals surface area contributed by atoms with Crippen LogP contribution in [0, 0.1) is 0 Å². The molecule has 0 radical (unpaired) electrons. The van der Waals surface area contributed by atoms with Gasteiger partial charge in [-0.1, -0.05) is 6.07 Å². The zero-order valence-corrected chi connectivity index (χ0v) is 7.95. The molecule has 0 aromatic heterocycles. The largest absolute Gasteiger partial charge is 0.454 e. The standard InChI is InChI=1S/C8H8O5S/c9-14(10)13-4-6-1-2-7-8(3-6)12-5-11-7/h1-3H,4-5H2,(H,9,10). The maximum atomic E-state index is 10.2. The first-order valence-corrected chi connectivity index (χ1v) is 4.91. The van der Waals surface area contributed by atoms with Crippen LogP contribution in [0.4, 0.5) is 0 Å². The maximum Gasteiger partial charge on any atom is 0.302 e. The van der Waals surface area contributed by atoms with Crippen LogP contribution in [0.1, 0.15) is 5.56 Å². The summed E-state index contributed by atoms with van der Waals surface area (Å²) in [6.07, 6.45) is 0. The van der Waals surface area contributed by atoms with Gasteiger partial charge in [-0.25, -0.2) is 0 Å². The van der Waals surface area contributed by atoms with Gasteiger partial charge in [-0.05, 0) is 17.7 Å². The van der Waals surface area contributed by atoms with E-state index in [-0.39, 0.29) is 13.4 Å². The van der Waals surface area contributed by atoms with E-state index in [2.05, 4.69) is 4.18 Å². The fraction of sp³-hybridized carbons (Fsp3) is 0.250. The molecule has 0 bridgehead atoms. The summed E-state index contributed by atoms with van der Waals surface area (Å²) in [5, 5.41) is 0. The minimum atomic E-state index is -2.24. The van der Waals surface area contributed by atoms with Crippen molar-refractivity contribution >= 4 is 11.4 Å². The molecule has 1 unspecified atom stereocenters. The molecule has 5 nitrogen and oxygen atoms in total. The molecule has 76 valence electrons. The maximum absolute atomic E-state index is 10.2. The zero-order chi connectivity index (χ0) is 9.97. The summed E-state index contributed by atoms with van der Waals surface area (Å²) >= 11 is -2.24. The highest BCUT2D eigenvalue weighted by atomic mass is 32.2. The fourth-order valence-corrected chi connectivity index (χ4v) is 1.39. The third kappa shape index (κ3) is 2.03. The number of rotatable bonds is 3. The summed E-state index contributed by atoms with van der Waals surface area (Å²) in [6.45, 7) is 0.283. The van der Waals surface area contributed by atoms with E-state index < -0.39 is 11.4 Å².